The molecule has 1 aliphatic heterocycles. The zero-order valence-corrected chi connectivity index (χ0v) is 14.2. The lowest BCUT2D eigenvalue weighted by atomic mass is 9.99. The summed E-state index contributed by atoms with van der Waals surface area (Å²) in [6.07, 6.45) is 12.6. The van der Waals surface area contributed by atoms with Gasteiger partial charge in [0.2, 0.25) is 0 Å². The van der Waals surface area contributed by atoms with E-state index in [1.807, 2.05) is 23.0 Å². The Hall–Kier alpha value is -2.21. The largest absolute Gasteiger partial charge is 0.334 e. The number of aromatic nitrogens is 5. The zero-order chi connectivity index (χ0) is 16.4. The van der Waals surface area contributed by atoms with Crippen LogP contribution in [0.2, 0.25) is 0 Å². The third-order valence-corrected chi connectivity index (χ3v) is 4.85. The minimum absolute atomic E-state index is 0.366. The van der Waals surface area contributed by atoms with Gasteiger partial charge in [-0.3, -0.25) is 4.90 Å². The van der Waals surface area contributed by atoms with Crippen LogP contribution in [0.1, 0.15) is 50.2 Å². The van der Waals surface area contributed by atoms with Gasteiger partial charge < -0.3 is 4.57 Å². The van der Waals surface area contributed by atoms with E-state index < -0.39 is 0 Å². The summed E-state index contributed by atoms with van der Waals surface area (Å²) in [7, 11) is 0. The van der Waals surface area contributed by atoms with Crippen LogP contribution < -0.4 is 0 Å². The van der Waals surface area contributed by atoms with E-state index in [9.17, 15) is 0 Å². The van der Waals surface area contributed by atoms with E-state index in [4.69, 9.17) is 4.98 Å². The molecule has 1 aliphatic rings. The molecule has 0 bridgehead atoms. The summed E-state index contributed by atoms with van der Waals surface area (Å²) in [5.74, 6) is 1.16. The van der Waals surface area contributed by atoms with Gasteiger partial charge in [0.05, 0.1) is 24.5 Å². The fraction of sp³-hybridized carbons (Fsp3) is 0.500. The molecule has 0 radical (unpaired) electrons. The molecule has 0 aromatic carbocycles. The summed E-state index contributed by atoms with van der Waals surface area (Å²) in [5.41, 5.74) is 2.07. The number of hydrogen-bond donors (Lipinski definition) is 0. The highest BCUT2D eigenvalue weighted by Gasteiger charge is 2.26. The minimum Gasteiger partial charge on any atom is -0.334 e. The summed E-state index contributed by atoms with van der Waals surface area (Å²) in [6, 6.07) is 4.44. The van der Waals surface area contributed by atoms with Crippen molar-refractivity contribution in [2.75, 3.05) is 6.54 Å². The quantitative estimate of drug-likeness (QED) is 0.724. The van der Waals surface area contributed by atoms with Crippen molar-refractivity contribution in [2.24, 2.45) is 0 Å². The highest BCUT2D eigenvalue weighted by Crippen LogP contribution is 2.31. The average Bonchev–Trinajstić information content (AvgIpc) is 3.24. The molecule has 0 spiro atoms. The van der Waals surface area contributed by atoms with E-state index >= 15 is 0 Å². The van der Waals surface area contributed by atoms with Crippen molar-refractivity contribution in [3.8, 4) is 0 Å². The van der Waals surface area contributed by atoms with E-state index in [1.165, 1.54) is 12.8 Å². The molecule has 4 rings (SSSR count). The van der Waals surface area contributed by atoms with Gasteiger partial charge in [-0.25, -0.2) is 14.5 Å². The van der Waals surface area contributed by atoms with Gasteiger partial charge in [-0.05, 0) is 31.9 Å². The predicted octanol–water partition coefficient (Wildman–Crippen LogP) is 3.06. The molecular weight excluding hydrogens is 300 g/mol. The SMILES string of the molecule is CCCn1ccnc1CN1CCCC[C@@H]1c1ccn2nccc2n1. The number of fused-ring (bicyclic) bond motifs is 1. The van der Waals surface area contributed by atoms with Crippen LogP contribution in [-0.2, 0) is 13.1 Å². The topological polar surface area (TPSA) is 51.2 Å². The van der Waals surface area contributed by atoms with Gasteiger partial charge in [-0.2, -0.15) is 5.10 Å². The molecule has 0 aliphatic carbocycles. The standard InChI is InChI=1S/C18H24N6/c1-2-10-22-13-9-19-18(22)14-23-11-4-3-5-16(23)15-7-12-24-17(21-15)6-8-20-24/h6-9,12-13,16H,2-5,10-11,14H2,1H3/t16-/m1/s1. The van der Waals surface area contributed by atoms with Crippen molar-refractivity contribution < 1.29 is 0 Å². The van der Waals surface area contributed by atoms with Gasteiger partial charge in [0.15, 0.2) is 5.65 Å². The van der Waals surface area contributed by atoms with Crippen LogP contribution in [0, 0.1) is 0 Å². The molecule has 24 heavy (non-hydrogen) atoms. The average molecular weight is 324 g/mol. The molecular formula is C18H24N6. The van der Waals surface area contributed by atoms with E-state index in [-0.39, 0.29) is 0 Å². The van der Waals surface area contributed by atoms with Gasteiger partial charge in [-0.1, -0.05) is 13.3 Å². The molecule has 6 nitrogen and oxygen atoms in total. The van der Waals surface area contributed by atoms with Gasteiger partial charge in [0.25, 0.3) is 0 Å². The lowest BCUT2D eigenvalue weighted by molar-refractivity contribution is 0.132. The maximum Gasteiger partial charge on any atom is 0.155 e. The molecule has 0 saturated carbocycles. The molecule has 4 heterocycles. The van der Waals surface area contributed by atoms with Crippen molar-refractivity contribution in [2.45, 2.75) is 51.7 Å². The first-order valence-corrected chi connectivity index (χ1v) is 8.89. The summed E-state index contributed by atoms with van der Waals surface area (Å²) < 4.78 is 4.10. The van der Waals surface area contributed by atoms with Crippen LogP contribution in [0.4, 0.5) is 0 Å². The van der Waals surface area contributed by atoms with Crippen molar-refractivity contribution in [1.82, 2.24) is 29.0 Å². The Morgan fingerprint density at radius 1 is 1.17 bits per heavy atom. The first-order valence-electron chi connectivity index (χ1n) is 8.89. The molecule has 0 N–H and O–H groups in total. The first kappa shape index (κ1) is 15.3. The fourth-order valence-corrected chi connectivity index (χ4v) is 3.65. The van der Waals surface area contributed by atoms with Gasteiger partial charge >= 0.3 is 0 Å². The Kier molecular flexibility index (Phi) is 4.30. The van der Waals surface area contributed by atoms with E-state index in [2.05, 4.69) is 38.7 Å². The van der Waals surface area contributed by atoms with Crippen molar-refractivity contribution in [3.05, 3.63) is 48.4 Å². The van der Waals surface area contributed by atoms with Gasteiger partial charge in [0, 0.05) is 31.2 Å². The number of hydrogen-bond acceptors (Lipinski definition) is 4. The molecule has 6 heteroatoms. The fourth-order valence-electron chi connectivity index (χ4n) is 3.65. The molecule has 1 fully saturated rings. The van der Waals surface area contributed by atoms with Crippen LogP contribution in [0.3, 0.4) is 0 Å². The Balaban J connectivity index is 1.59. The highest BCUT2D eigenvalue weighted by atomic mass is 15.3. The third-order valence-electron chi connectivity index (χ3n) is 4.85. The van der Waals surface area contributed by atoms with Crippen LogP contribution in [-0.4, -0.2) is 35.6 Å². The Bertz CT molecular complexity index is 805. The number of imidazole rings is 1. The number of likely N-dealkylation sites (tertiary alicyclic amines) is 1. The normalized spacial score (nSPS) is 19.1. The lowest BCUT2D eigenvalue weighted by Gasteiger charge is -2.35. The molecule has 3 aromatic heterocycles. The van der Waals surface area contributed by atoms with Crippen molar-refractivity contribution >= 4 is 5.65 Å². The van der Waals surface area contributed by atoms with Crippen LogP contribution >= 0.6 is 0 Å². The number of rotatable bonds is 5. The Morgan fingerprint density at radius 2 is 2.12 bits per heavy atom. The van der Waals surface area contributed by atoms with Gasteiger partial charge in [-0.15, -0.1) is 0 Å². The number of nitrogens with zero attached hydrogens (tertiary/aromatic N) is 6. The lowest BCUT2D eigenvalue weighted by Crippen LogP contribution is -2.34. The second kappa shape index (κ2) is 6.73. The second-order valence-electron chi connectivity index (χ2n) is 6.51. The number of aryl methyl sites for hydroxylation is 1. The van der Waals surface area contributed by atoms with E-state index in [0.29, 0.717) is 6.04 Å². The summed E-state index contributed by atoms with van der Waals surface area (Å²) in [6.45, 7) is 5.24. The predicted molar refractivity (Wildman–Crippen MR) is 92.5 cm³/mol. The molecule has 1 saturated heterocycles. The van der Waals surface area contributed by atoms with Crippen molar-refractivity contribution in [3.63, 3.8) is 0 Å². The Morgan fingerprint density at radius 3 is 3.04 bits per heavy atom. The highest BCUT2D eigenvalue weighted by molar-refractivity contribution is 5.37. The van der Waals surface area contributed by atoms with E-state index in [1.54, 1.807) is 6.20 Å². The second-order valence-corrected chi connectivity index (χ2v) is 6.51. The summed E-state index contributed by atoms with van der Waals surface area (Å²) >= 11 is 0. The number of piperidine rings is 1. The molecule has 1 atom stereocenters. The molecule has 3 aromatic rings. The Labute approximate surface area is 142 Å². The maximum absolute atomic E-state index is 4.83. The zero-order valence-electron chi connectivity index (χ0n) is 14.2. The first-order chi connectivity index (χ1) is 11.8. The molecule has 0 amide bonds. The van der Waals surface area contributed by atoms with E-state index in [0.717, 1.165) is 49.6 Å². The minimum atomic E-state index is 0.366. The maximum atomic E-state index is 4.83. The molecule has 0 unspecified atom stereocenters. The monoisotopic (exact) mass is 324 g/mol. The smallest absolute Gasteiger partial charge is 0.155 e. The van der Waals surface area contributed by atoms with Crippen LogP contribution in [0.5, 0.6) is 0 Å². The van der Waals surface area contributed by atoms with Crippen molar-refractivity contribution in [1.29, 1.82) is 0 Å². The van der Waals surface area contributed by atoms with Crippen LogP contribution in [0.25, 0.3) is 5.65 Å². The summed E-state index contributed by atoms with van der Waals surface area (Å²) in [4.78, 5) is 11.9. The molecule has 126 valence electrons. The van der Waals surface area contributed by atoms with Gasteiger partial charge in [0.1, 0.15) is 5.82 Å². The van der Waals surface area contributed by atoms with Crippen LogP contribution in [0.15, 0.2) is 36.9 Å². The summed E-state index contributed by atoms with van der Waals surface area (Å²) in [5, 5.41) is 4.24. The third kappa shape index (κ3) is 2.94.